The number of hydrogen-bond donors (Lipinski definition) is 2. The number of carboxylic acids is 1. The molecular weight excluding hydrogens is 256 g/mol. The van der Waals surface area contributed by atoms with Gasteiger partial charge in [0.25, 0.3) is 0 Å². The van der Waals surface area contributed by atoms with Crippen molar-refractivity contribution in [2.24, 2.45) is 0 Å². The highest BCUT2D eigenvalue weighted by Gasteiger charge is 2.45. The summed E-state index contributed by atoms with van der Waals surface area (Å²) in [5.74, 6) is -0.907. The molecule has 108 valence electrons. The Morgan fingerprint density at radius 1 is 1.30 bits per heavy atom. The van der Waals surface area contributed by atoms with E-state index < -0.39 is 5.97 Å². The third-order valence-electron chi connectivity index (χ3n) is 3.74. The molecule has 0 aliphatic heterocycles. The molecule has 2 N–H and O–H groups in total. The van der Waals surface area contributed by atoms with E-state index in [1.54, 1.807) is 11.9 Å². The highest BCUT2D eigenvalue weighted by atomic mass is 16.4. The fourth-order valence-corrected chi connectivity index (χ4v) is 2.42. The summed E-state index contributed by atoms with van der Waals surface area (Å²) in [7, 11) is 1.75. The third kappa shape index (κ3) is 3.50. The van der Waals surface area contributed by atoms with E-state index in [1.807, 2.05) is 18.2 Å². The maximum Gasteiger partial charge on any atom is 0.317 e. The molecule has 5 heteroatoms. The minimum atomic E-state index is -0.907. The SMILES string of the molecule is CN(CC1(c2ccccc2)CC1)C(=O)NCCC(=O)O. The quantitative estimate of drug-likeness (QED) is 0.833. The van der Waals surface area contributed by atoms with Crippen molar-refractivity contribution in [1.29, 1.82) is 0 Å². The molecule has 0 atom stereocenters. The molecule has 0 heterocycles. The Bertz CT molecular complexity index is 483. The molecule has 2 amide bonds. The molecule has 2 rings (SSSR count). The molecule has 1 aliphatic carbocycles. The lowest BCUT2D eigenvalue weighted by atomic mass is 9.95. The van der Waals surface area contributed by atoms with Crippen LogP contribution in [0.4, 0.5) is 4.79 Å². The second-order valence-electron chi connectivity index (χ2n) is 5.38. The van der Waals surface area contributed by atoms with Crippen molar-refractivity contribution in [1.82, 2.24) is 10.2 Å². The third-order valence-corrected chi connectivity index (χ3v) is 3.74. The number of carbonyl (C=O) groups excluding carboxylic acids is 1. The zero-order valence-corrected chi connectivity index (χ0v) is 11.6. The molecule has 1 saturated carbocycles. The van der Waals surface area contributed by atoms with Gasteiger partial charge in [0, 0.05) is 25.6 Å². The summed E-state index contributed by atoms with van der Waals surface area (Å²) in [6.07, 6.45) is 2.12. The topological polar surface area (TPSA) is 69.6 Å². The molecular formula is C15H20N2O3. The van der Waals surface area contributed by atoms with Gasteiger partial charge in [0.15, 0.2) is 0 Å². The summed E-state index contributed by atoms with van der Waals surface area (Å²) in [4.78, 5) is 23.9. The Labute approximate surface area is 118 Å². The van der Waals surface area contributed by atoms with Gasteiger partial charge in [-0.25, -0.2) is 4.79 Å². The minimum Gasteiger partial charge on any atom is -0.481 e. The largest absolute Gasteiger partial charge is 0.481 e. The summed E-state index contributed by atoms with van der Waals surface area (Å²) in [6.45, 7) is 0.826. The lowest BCUT2D eigenvalue weighted by Crippen LogP contribution is -2.42. The van der Waals surface area contributed by atoms with E-state index in [9.17, 15) is 9.59 Å². The van der Waals surface area contributed by atoms with Crippen LogP contribution in [0.1, 0.15) is 24.8 Å². The molecule has 20 heavy (non-hydrogen) atoms. The van der Waals surface area contributed by atoms with Crippen molar-refractivity contribution in [3.05, 3.63) is 35.9 Å². The van der Waals surface area contributed by atoms with E-state index >= 15 is 0 Å². The zero-order chi connectivity index (χ0) is 14.6. The number of amides is 2. The molecule has 0 saturated heterocycles. The molecule has 0 aromatic heterocycles. The fraction of sp³-hybridized carbons (Fsp3) is 0.467. The van der Waals surface area contributed by atoms with E-state index in [-0.39, 0.29) is 24.4 Å². The normalized spacial score (nSPS) is 15.4. The van der Waals surface area contributed by atoms with Gasteiger partial charge < -0.3 is 15.3 Å². The van der Waals surface area contributed by atoms with Crippen molar-refractivity contribution in [3.8, 4) is 0 Å². The van der Waals surface area contributed by atoms with Gasteiger partial charge in [-0.05, 0) is 18.4 Å². The van der Waals surface area contributed by atoms with Crippen molar-refractivity contribution in [2.45, 2.75) is 24.7 Å². The van der Waals surface area contributed by atoms with E-state index in [0.29, 0.717) is 6.54 Å². The number of aliphatic carboxylic acids is 1. The molecule has 0 spiro atoms. The van der Waals surface area contributed by atoms with Gasteiger partial charge in [-0.15, -0.1) is 0 Å². The second-order valence-corrected chi connectivity index (χ2v) is 5.38. The summed E-state index contributed by atoms with van der Waals surface area (Å²) in [5.41, 5.74) is 1.35. The predicted octanol–water partition coefficient (Wildman–Crippen LogP) is 1.83. The fourth-order valence-electron chi connectivity index (χ4n) is 2.42. The van der Waals surface area contributed by atoms with Crippen molar-refractivity contribution < 1.29 is 14.7 Å². The van der Waals surface area contributed by atoms with Crippen LogP contribution in [-0.2, 0) is 10.2 Å². The van der Waals surface area contributed by atoms with Crippen LogP contribution in [0.5, 0.6) is 0 Å². The van der Waals surface area contributed by atoms with Gasteiger partial charge >= 0.3 is 12.0 Å². The van der Waals surface area contributed by atoms with Gasteiger partial charge in [0.05, 0.1) is 6.42 Å². The number of rotatable bonds is 6. The molecule has 1 aromatic rings. The van der Waals surface area contributed by atoms with Crippen LogP contribution in [0.3, 0.4) is 0 Å². The maximum atomic E-state index is 11.9. The first kappa shape index (κ1) is 14.4. The first-order valence-corrected chi connectivity index (χ1v) is 6.80. The lowest BCUT2D eigenvalue weighted by molar-refractivity contribution is -0.136. The number of benzene rings is 1. The highest BCUT2D eigenvalue weighted by Crippen LogP contribution is 2.48. The maximum absolute atomic E-state index is 11.9. The van der Waals surface area contributed by atoms with Gasteiger partial charge in [-0.2, -0.15) is 0 Å². The van der Waals surface area contributed by atoms with Crippen LogP contribution in [0.2, 0.25) is 0 Å². The molecule has 1 fully saturated rings. The Morgan fingerprint density at radius 3 is 2.50 bits per heavy atom. The van der Waals surface area contributed by atoms with Gasteiger partial charge in [0.2, 0.25) is 0 Å². The summed E-state index contributed by atoms with van der Waals surface area (Å²) < 4.78 is 0. The average Bonchev–Trinajstić information content (AvgIpc) is 3.20. The Hall–Kier alpha value is -2.04. The van der Waals surface area contributed by atoms with Gasteiger partial charge in [-0.3, -0.25) is 4.79 Å². The van der Waals surface area contributed by atoms with Crippen LogP contribution >= 0.6 is 0 Å². The number of nitrogens with zero attached hydrogens (tertiary/aromatic N) is 1. The van der Waals surface area contributed by atoms with E-state index in [2.05, 4.69) is 17.4 Å². The second kappa shape index (κ2) is 5.94. The monoisotopic (exact) mass is 276 g/mol. The number of carboxylic acid groups (broad SMARTS) is 1. The number of nitrogens with one attached hydrogen (secondary N) is 1. The molecule has 5 nitrogen and oxygen atoms in total. The molecule has 1 aliphatic rings. The van der Waals surface area contributed by atoms with Crippen molar-refractivity contribution in [2.75, 3.05) is 20.1 Å². The summed E-state index contributed by atoms with van der Waals surface area (Å²) >= 11 is 0. The predicted molar refractivity (Wildman–Crippen MR) is 75.6 cm³/mol. The lowest BCUT2D eigenvalue weighted by Gasteiger charge is -2.24. The molecule has 0 radical (unpaired) electrons. The first-order valence-electron chi connectivity index (χ1n) is 6.80. The van der Waals surface area contributed by atoms with Crippen LogP contribution in [0.15, 0.2) is 30.3 Å². The first-order chi connectivity index (χ1) is 9.53. The minimum absolute atomic E-state index is 0.0522. The standard InChI is InChI=1S/C15H20N2O3/c1-17(14(20)16-10-7-13(18)19)11-15(8-9-15)12-5-3-2-4-6-12/h2-6H,7-11H2,1H3,(H,16,20)(H,18,19). The molecule has 1 aromatic carbocycles. The van der Waals surface area contributed by atoms with Crippen LogP contribution in [-0.4, -0.2) is 42.1 Å². The van der Waals surface area contributed by atoms with Crippen molar-refractivity contribution >= 4 is 12.0 Å². The summed E-state index contributed by atoms with van der Waals surface area (Å²) in [6, 6.07) is 10.0. The summed E-state index contributed by atoms with van der Waals surface area (Å²) in [5, 5.41) is 11.2. The number of likely N-dealkylation sites (N-methyl/N-ethyl adjacent to an activating group) is 1. The number of hydrogen-bond acceptors (Lipinski definition) is 2. The molecule has 0 unspecified atom stereocenters. The average molecular weight is 276 g/mol. The van der Waals surface area contributed by atoms with Crippen LogP contribution in [0.25, 0.3) is 0 Å². The van der Waals surface area contributed by atoms with Gasteiger partial charge in [-0.1, -0.05) is 30.3 Å². The smallest absolute Gasteiger partial charge is 0.317 e. The van der Waals surface area contributed by atoms with Gasteiger partial charge in [0.1, 0.15) is 0 Å². The van der Waals surface area contributed by atoms with Crippen LogP contribution in [0, 0.1) is 0 Å². The molecule has 0 bridgehead atoms. The number of carbonyl (C=O) groups is 2. The Kier molecular flexibility index (Phi) is 4.27. The van der Waals surface area contributed by atoms with Crippen molar-refractivity contribution in [3.63, 3.8) is 0 Å². The number of urea groups is 1. The van der Waals surface area contributed by atoms with E-state index in [4.69, 9.17) is 5.11 Å². The van der Waals surface area contributed by atoms with E-state index in [1.165, 1.54) is 5.56 Å². The van der Waals surface area contributed by atoms with Crippen LogP contribution < -0.4 is 5.32 Å². The Balaban J connectivity index is 1.86. The highest BCUT2D eigenvalue weighted by molar-refractivity contribution is 5.75. The zero-order valence-electron chi connectivity index (χ0n) is 11.6. The Morgan fingerprint density at radius 2 is 1.95 bits per heavy atom. The van der Waals surface area contributed by atoms with E-state index in [0.717, 1.165) is 12.8 Å².